The third-order valence-electron chi connectivity index (χ3n) is 4.34. The number of benzene rings is 2. The van der Waals surface area contributed by atoms with Crippen LogP contribution in [0.15, 0.2) is 48.5 Å². The van der Waals surface area contributed by atoms with Crippen LogP contribution in [0.25, 0.3) is 0 Å². The Bertz CT molecular complexity index is 715. The number of hydrogen-bond acceptors (Lipinski definition) is 2. The zero-order chi connectivity index (χ0) is 17.6. The first-order valence-electron chi connectivity index (χ1n) is 8.39. The van der Waals surface area contributed by atoms with Crippen LogP contribution in [0.5, 0.6) is 0 Å². The molecule has 0 spiro atoms. The fraction of sp³-hybridized carbons (Fsp3) is 0.316. The molecule has 0 saturated carbocycles. The van der Waals surface area contributed by atoms with Crippen molar-refractivity contribution in [1.82, 2.24) is 10.2 Å². The second-order valence-corrected chi connectivity index (χ2v) is 6.50. The van der Waals surface area contributed by atoms with Gasteiger partial charge in [-0.3, -0.25) is 0 Å². The van der Waals surface area contributed by atoms with E-state index in [2.05, 4.69) is 10.2 Å². The molecule has 25 heavy (non-hydrogen) atoms. The molecule has 4 nitrogen and oxygen atoms in total. The van der Waals surface area contributed by atoms with Gasteiger partial charge in [0.05, 0.1) is 0 Å². The van der Waals surface area contributed by atoms with E-state index in [1.807, 2.05) is 29.2 Å². The number of hydrogen-bond donors (Lipinski definition) is 1. The summed E-state index contributed by atoms with van der Waals surface area (Å²) in [5, 5.41) is 3.65. The number of nitrogens with zero attached hydrogens (tertiary/aromatic N) is 2. The number of nitrogens with one attached hydrogen (secondary N) is 1. The van der Waals surface area contributed by atoms with Gasteiger partial charge >= 0.3 is 6.03 Å². The number of anilines is 1. The lowest BCUT2D eigenvalue weighted by Crippen LogP contribution is -2.52. The second kappa shape index (κ2) is 8.21. The zero-order valence-electron chi connectivity index (χ0n) is 13.9. The highest BCUT2D eigenvalue weighted by Gasteiger charge is 2.21. The molecular formula is C19H21ClFN3O. The topological polar surface area (TPSA) is 35.6 Å². The molecule has 2 amide bonds. The SMILES string of the molecule is O=C(NCCc1ccc(F)cc1)N1CCN(c2cccc(Cl)c2)CC1. The minimum atomic E-state index is -0.245. The Hall–Kier alpha value is -2.27. The number of carbonyl (C=O) groups excluding carboxylic acids is 1. The summed E-state index contributed by atoms with van der Waals surface area (Å²) in [6, 6.07) is 14.1. The molecule has 1 aliphatic heterocycles. The minimum absolute atomic E-state index is 0.0483. The summed E-state index contributed by atoms with van der Waals surface area (Å²) in [4.78, 5) is 16.3. The van der Waals surface area contributed by atoms with Gasteiger partial charge in [0.1, 0.15) is 5.82 Å². The quantitative estimate of drug-likeness (QED) is 0.903. The van der Waals surface area contributed by atoms with Crippen molar-refractivity contribution in [3.8, 4) is 0 Å². The number of carbonyl (C=O) groups is 1. The summed E-state index contributed by atoms with van der Waals surface area (Å²) in [6.07, 6.45) is 0.689. The van der Waals surface area contributed by atoms with E-state index in [0.717, 1.165) is 29.4 Å². The average molecular weight is 362 g/mol. The van der Waals surface area contributed by atoms with E-state index in [-0.39, 0.29) is 11.8 Å². The number of piperazine rings is 1. The number of rotatable bonds is 4. The third-order valence-corrected chi connectivity index (χ3v) is 4.58. The maximum absolute atomic E-state index is 12.9. The van der Waals surface area contributed by atoms with Crippen molar-refractivity contribution in [3.63, 3.8) is 0 Å². The normalized spacial score (nSPS) is 14.5. The first-order chi connectivity index (χ1) is 12.1. The summed E-state index contributed by atoms with van der Waals surface area (Å²) in [6.45, 7) is 3.46. The number of urea groups is 1. The van der Waals surface area contributed by atoms with Crippen LogP contribution in [0, 0.1) is 5.82 Å². The van der Waals surface area contributed by atoms with Crippen LogP contribution in [0.2, 0.25) is 5.02 Å². The lowest BCUT2D eigenvalue weighted by Gasteiger charge is -2.36. The molecule has 1 aliphatic rings. The Morgan fingerprint density at radius 3 is 2.48 bits per heavy atom. The second-order valence-electron chi connectivity index (χ2n) is 6.06. The van der Waals surface area contributed by atoms with Crippen molar-refractivity contribution in [3.05, 3.63) is 64.9 Å². The van der Waals surface area contributed by atoms with E-state index in [4.69, 9.17) is 11.6 Å². The number of halogens is 2. The van der Waals surface area contributed by atoms with Crippen LogP contribution >= 0.6 is 11.6 Å². The molecule has 2 aromatic carbocycles. The van der Waals surface area contributed by atoms with Crippen LogP contribution in [0.1, 0.15) is 5.56 Å². The van der Waals surface area contributed by atoms with Gasteiger partial charge in [0, 0.05) is 43.4 Å². The van der Waals surface area contributed by atoms with Gasteiger partial charge in [-0.25, -0.2) is 9.18 Å². The fourth-order valence-corrected chi connectivity index (χ4v) is 3.10. The van der Waals surface area contributed by atoms with Crippen molar-refractivity contribution in [2.75, 3.05) is 37.6 Å². The molecule has 0 aliphatic carbocycles. The Morgan fingerprint density at radius 2 is 1.80 bits per heavy atom. The monoisotopic (exact) mass is 361 g/mol. The Labute approximate surface area is 152 Å². The van der Waals surface area contributed by atoms with Gasteiger partial charge in [-0.15, -0.1) is 0 Å². The molecule has 0 radical (unpaired) electrons. The molecule has 0 atom stereocenters. The van der Waals surface area contributed by atoms with Gasteiger partial charge in [0.25, 0.3) is 0 Å². The third kappa shape index (κ3) is 4.86. The van der Waals surface area contributed by atoms with Gasteiger partial charge < -0.3 is 15.1 Å². The predicted octanol–water partition coefficient (Wildman–Crippen LogP) is 3.55. The molecule has 3 rings (SSSR count). The summed E-state index contributed by atoms with van der Waals surface area (Å²) in [7, 11) is 0. The number of amides is 2. The van der Waals surface area contributed by atoms with E-state index in [1.165, 1.54) is 12.1 Å². The Balaban J connectivity index is 1.43. The molecule has 0 unspecified atom stereocenters. The van der Waals surface area contributed by atoms with E-state index >= 15 is 0 Å². The van der Waals surface area contributed by atoms with Crippen molar-refractivity contribution in [2.24, 2.45) is 0 Å². The van der Waals surface area contributed by atoms with Crippen LogP contribution in [-0.2, 0) is 6.42 Å². The van der Waals surface area contributed by atoms with Crippen LogP contribution in [-0.4, -0.2) is 43.7 Å². The minimum Gasteiger partial charge on any atom is -0.368 e. The lowest BCUT2D eigenvalue weighted by atomic mass is 10.1. The summed E-state index contributed by atoms with van der Waals surface area (Å²) >= 11 is 6.04. The van der Waals surface area contributed by atoms with E-state index in [1.54, 1.807) is 12.1 Å². The van der Waals surface area contributed by atoms with Crippen molar-refractivity contribution < 1.29 is 9.18 Å². The van der Waals surface area contributed by atoms with Crippen LogP contribution < -0.4 is 10.2 Å². The van der Waals surface area contributed by atoms with Gasteiger partial charge in [-0.05, 0) is 42.3 Å². The zero-order valence-corrected chi connectivity index (χ0v) is 14.7. The van der Waals surface area contributed by atoms with E-state index in [0.29, 0.717) is 26.1 Å². The molecule has 1 saturated heterocycles. The van der Waals surface area contributed by atoms with Gasteiger partial charge in [0.15, 0.2) is 0 Å². The standard InChI is InChI=1S/C19H21ClFN3O/c20-16-2-1-3-18(14-16)23-10-12-24(13-11-23)19(25)22-9-8-15-4-6-17(21)7-5-15/h1-7,14H,8-13H2,(H,22,25). The molecule has 6 heteroatoms. The maximum atomic E-state index is 12.9. The Morgan fingerprint density at radius 1 is 1.08 bits per heavy atom. The van der Waals surface area contributed by atoms with Crippen molar-refractivity contribution >= 4 is 23.3 Å². The van der Waals surface area contributed by atoms with Crippen molar-refractivity contribution in [1.29, 1.82) is 0 Å². The van der Waals surface area contributed by atoms with Crippen LogP contribution in [0.4, 0.5) is 14.9 Å². The average Bonchev–Trinajstić information content (AvgIpc) is 2.63. The summed E-state index contributed by atoms with van der Waals surface area (Å²) in [5.74, 6) is -0.245. The van der Waals surface area contributed by atoms with Gasteiger partial charge in [-0.2, -0.15) is 0 Å². The molecule has 0 bridgehead atoms. The summed E-state index contributed by atoms with van der Waals surface area (Å²) < 4.78 is 12.9. The molecule has 2 aromatic rings. The van der Waals surface area contributed by atoms with E-state index in [9.17, 15) is 9.18 Å². The smallest absolute Gasteiger partial charge is 0.317 e. The molecule has 1 N–H and O–H groups in total. The van der Waals surface area contributed by atoms with E-state index < -0.39 is 0 Å². The molecule has 1 heterocycles. The fourth-order valence-electron chi connectivity index (χ4n) is 2.92. The first kappa shape index (κ1) is 17.5. The molecule has 1 fully saturated rings. The predicted molar refractivity (Wildman–Crippen MR) is 98.7 cm³/mol. The Kier molecular flexibility index (Phi) is 5.76. The highest BCUT2D eigenvalue weighted by molar-refractivity contribution is 6.30. The maximum Gasteiger partial charge on any atom is 0.317 e. The van der Waals surface area contributed by atoms with Crippen molar-refractivity contribution in [2.45, 2.75) is 6.42 Å². The largest absolute Gasteiger partial charge is 0.368 e. The summed E-state index contributed by atoms with van der Waals surface area (Å²) in [5.41, 5.74) is 2.09. The molecular weight excluding hydrogens is 341 g/mol. The highest BCUT2D eigenvalue weighted by Crippen LogP contribution is 2.20. The molecule has 0 aromatic heterocycles. The first-order valence-corrected chi connectivity index (χ1v) is 8.77. The van der Waals surface area contributed by atoms with Crippen LogP contribution in [0.3, 0.4) is 0 Å². The highest BCUT2D eigenvalue weighted by atomic mass is 35.5. The van der Waals surface area contributed by atoms with Gasteiger partial charge in [-0.1, -0.05) is 29.8 Å². The lowest BCUT2D eigenvalue weighted by molar-refractivity contribution is 0.194. The molecule has 132 valence electrons. The van der Waals surface area contributed by atoms with Gasteiger partial charge in [0.2, 0.25) is 0 Å².